The van der Waals surface area contributed by atoms with Crippen LogP contribution < -0.4 is 0 Å². The van der Waals surface area contributed by atoms with Crippen molar-refractivity contribution in [1.29, 1.82) is 0 Å². The maximum absolute atomic E-state index is 12.5. The molecule has 3 fully saturated rings. The number of carbonyl (C=O) groups is 2. The molecular weight excluding hydrogens is 348 g/mol. The zero-order chi connectivity index (χ0) is 20.0. The van der Waals surface area contributed by atoms with Crippen LogP contribution in [0.1, 0.15) is 60.8 Å². The van der Waals surface area contributed by atoms with Gasteiger partial charge >= 0.3 is 12.2 Å². The van der Waals surface area contributed by atoms with Crippen molar-refractivity contribution in [2.24, 2.45) is 0 Å². The lowest BCUT2D eigenvalue weighted by molar-refractivity contribution is 0.0157. The van der Waals surface area contributed by atoms with Crippen LogP contribution in [-0.2, 0) is 14.2 Å². The van der Waals surface area contributed by atoms with Crippen molar-refractivity contribution in [1.82, 2.24) is 9.80 Å². The van der Waals surface area contributed by atoms with Gasteiger partial charge in [-0.1, -0.05) is 6.08 Å². The minimum absolute atomic E-state index is 0.0350. The second kappa shape index (κ2) is 7.00. The molecule has 3 atom stereocenters. The number of epoxide rings is 1. The average Bonchev–Trinajstić information content (AvgIpc) is 3.16. The fourth-order valence-electron chi connectivity index (χ4n) is 3.59. The Bertz CT molecular complexity index is 631. The van der Waals surface area contributed by atoms with E-state index in [1.54, 1.807) is 9.80 Å². The van der Waals surface area contributed by atoms with Gasteiger partial charge in [-0.25, -0.2) is 9.59 Å². The molecule has 3 rings (SSSR count). The Hall–Kier alpha value is -1.76. The topological polar surface area (TPSA) is 71.6 Å². The van der Waals surface area contributed by atoms with E-state index < -0.39 is 11.2 Å². The van der Waals surface area contributed by atoms with E-state index in [4.69, 9.17) is 14.2 Å². The highest BCUT2D eigenvalue weighted by molar-refractivity contribution is 5.70. The molecule has 3 heterocycles. The molecule has 0 aromatic rings. The van der Waals surface area contributed by atoms with Crippen molar-refractivity contribution in [3.05, 3.63) is 11.6 Å². The molecule has 3 aliphatic heterocycles. The third kappa shape index (κ3) is 4.94. The second-order valence-electron chi connectivity index (χ2n) is 9.50. The Morgan fingerprint density at radius 1 is 1.00 bits per heavy atom. The smallest absolute Gasteiger partial charge is 0.412 e. The molecule has 0 aromatic heterocycles. The fourth-order valence-corrected chi connectivity index (χ4v) is 3.59. The van der Waals surface area contributed by atoms with Crippen LogP contribution in [0.4, 0.5) is 9.59 Å². The molecular formula is C20H32N2O5. The monoisotopic (exact) mass is 380 g/mol. The molecule has 2 amide bonds. The summed E-state index contributed by atoms with van der Waals surface area (Å²) in [6.45, 7) is 12.5. The van der Waals surface area contributed by atoms with Gasteiger partial charge in [-0.2, -0.15) is 0 Å². The van der Waals surface area contributed by atoms with Gasteiger partial charge in [0.25, 0.3) is 0 Å². The fraction of sp³-hybridized carbons (Fsp3) is 0.800. The maximum atomic E-state index is 12.5. The number of carbonyl (C=O) groups excluding carboxylic acids is 2. The summed E-state index contributed by atoms with van der Waals surface area (Å²) < 4.78 is 16.7. The number of likely N-dealkylation sites (tertiary alicyclic amines) is 2. The molecule has 0 saturated carbocycles. The Morgan fingerprint density at radius 3 is 2.19 bits per heavy atom. The highest BCUT2D eigenvalue weighted by Crippen LogP contribution is 2.40. The first kappa shape index (κ1) is 20.0. The van der Waals surface area contributed by atoms with Crippen molar-refractivity contribution >= 4 is 12.2 Å². The van der Waals surface area contributed by atoms with Crippen LogP contribution in [0.3, 0.4) is 0 Å². The van der Waals surface area contributed by atoms with Crippen LogP contribution in [0.25, 0.3) is 0 Å². The van der Waals surface area contributed by atoms with Gasteiger partial charge in [0, 0.05) is 13.1 Å². The zero-order valence-electron chi connectivity index (χ0n) is 17.3. The highest BCUT2D eigenvalue weighted by Gasteiger charge is 2.52. The van der Waals surface area contributed by atoms with Gasteiger partial charge in [-0.3, -0.25) is 4.90 Å². The largest absolute Gasteiger partial charge is 0.444 e. The van der Waals surface area contributed by atoms with E-state index in [-0.39, 0.29) is 30.6 Å². The van der Waals surface area contributed by atoms with Gasteiger partial charge in [-0.15, -0.1) is 0 Å². The van der Waals surface area contributed by atoms with Gasteiger partial charge in [0.15, 0.2) is 6.23 Å². The molecule has 0 radical (unpaired) electrons. The second-order valence-corrected chi connectivity index (χ2v) is 9.50. The van der Waals surface area contributed by atoms with Crippen molar-refractivity contribution < 1.29 is 23.8 Å². The number of ether oxygens (including phenoxy) is 3. The first-order valence-corrected chi connectivity index (χ1v) is 9.80. The molecule has 3 saturated heterocycles. The summed E-state index contributed by atoms with van der Waals surface area (Å²) in [5.74, 6) is 0. The van der Waals surface area contributed by atoms with Crippen LogP contribution in [0.15, 0.2) is 11.6 Å². The molecule has 152 valence electrons. The van der Waals surface area contributed by atoms with Crippen LogP contribution in [0, 0.1) is 0 Å². The van der Waals surface area contributed by atoms with E-state index in [1.165, 1.54) is 5.57 Å². The number of rotatable bonds is 1. The van der Waals surface area contributed by atoms with Crippen LogP contribution in [0.2, 0.25) is 0 Å². The predicted molar refractivity (Wildman–Crippen MR) is 100 cm³/mol. The summed E-state index contributed by atoms with van der Waals surface area (Å²) in [6, 6.07) is 0.0350. The Balaban J connectivity index is 1.61. The first-order chi connectivity index (χ1) is 12.4. The van der Waals surface area contributed by atoms with Gasteiger partial charge in [-0.05, 0) is 66.4 Å². The number of piperidine rings is 1. The minimum Gasteiger partial charge on any atom is -0.444 e. The SMILES string of the molecule is CC(C)(C)OC(=O)N1CC/C(=C\[C@H]2CCCN2C(=O)OC(C)(C)C)C2OC21. The zero-order valence-corrected chi connectivity index (χ0v) is 17.3. The summed E-state index contributed by atoms with van der Waals surface area (Å²) >= 11 is 0. The van der Waals surface area contributed by atoms with E-state index in [0.29, 0.717) is 13.1 Å². The summed E-state index contributed by atoms with van der Waals surface area (Å²) in [5, 5.41) is 0. The Kier molecular flexibility index (Phi) is 5.18. The third-order valence-corrected chi connectivity index (χ3v) is 4.74. The summed E-state index contributed by atoms with van der Waals surface area (Å²) in [7, 11) is 0. The van der Waals surface area contributed by atoms with E-state index in [0.717, 1.165) is 19.3 Å². The van der Waals surface area contributed by atoms with Gasteiger partial charge in [0.05, 0.1) is 6.04 Å². The minimum atomic E-state index is -0.519. The molecule has 0 bridgehead atoms. The van der Waals surface area contributed by atoms with Crippen LogP contribution >= 0.6 is 0 Å². The number of amides is 2. The van der Waals surface area contributed by atoms with E-state index in [2.05, 4.69) is 6.08 Å². The normalized spacial score (nSPS) is 29.6. The van der Waals surface area contributed by atoms with E-state index in [1.807, 2.05) is 41.5 Å². The predicted octanol–water partition coefficient (Wildman–Crippen LogP) is 3.68. The molecule has 0 aromatic carbocycles. The van der Waals surface area contributed by atoms with E-state index in [9.17, 15) is 9.59 Å². The molecule has 3 aliphatic rings. The van der Waals surface area contributed by atoms with Gasteiger partial charge in [0.1, 0.15) is 17.3 Å². The Labute approximate surface area is 161 Å². The molecule has 27 heavy (non-hydrogen) atoms. The number of hydrogen-bond donors (Lipinski definition) is 0. The van der Waals surface area contributed by atoms with E-state index >= 15 is 0 Å². The summed E-state index contributed by atoms with van der Waals surface area (Å²) in [4.78, 5) is 28.2. The van der Waals surface area contributed by atoms with Crippen LogP contribution in [-0.4, -0.2) is 64.7 Å². The highest BCUT2D eigenvalue weighted by atomic mass is 16.6. The Morgan fingerprint density at radius 2 is 1.59 bits per heavy atom. The lowest BCUT2D eigenvalue weighted by Gasteiger charge is -2.30. The molecule has 2 unspecified atom stereocenters. The van der Waals surface area contributed by atoms with Gasteiger partial charge < -0.3 is 19.1 Å². The number of fused-ring (bicyclic) bond motifs is 1. The third-order valence-electron chi connectivity index (χ3n) is 4.74. The lowest BCUT2D eigenvalue weighted by Crippen LogP contribution is -2.43. The average molecular weight is 380 g/mol. The number of nitrogens with zero attached hydrogens (tertiary/aromatic N) is 2. The molecule has 7 heteroatoms. The quantitative estimate of drug-likeness (QED) is 0.513. The summed E-state index contributed by atoms with van der Waals surface area (Å²) in [6.07, 6.45) is 3.87. The van der Waals surface area contributed by atoms with Crippen LogP contribution in [0.5, 0.6) is 0 Å². The molecule has 0 aliphatic carbocycles. The molecule has 7 nitrogen and oxygen atoms in total. The standard InChI is InChI=1S/C20H32N2O5/c1-19(2,3)26-17(23)21-10-7-8-14(21)12-13-9-11-22(16-15(13)25-16)18(24)27-20(4,5)6/h12,14-16H,7-11H2,1-6H3/b13-12+/t14-,15?,16?/m1/s1. The maximum Gasteiger partial charge on any atom is 0.412 e. The molecule has 0 N–H and O–H groups in total. The first-order valence-electron chi connectivity index (χ1n) is 9.80. The summed E-state index contributed by atoms with van der Waals surface area (Å²) in [5.41, 5.74) is 0.149. The number of hydrogen-bond acceptors (Lipinski definition) is 5. The van der Waals surface area contributed by atoms with Gasteiger partial charge in [0.2, 0.25) is 0 Å². The molecule has 0 spiro atoms. The van der Waals surface area contributed by atoms with Crippen molar-refractivity contribution in [3.8, 4) is 0 Å². The van der Waals surface area contributed by atoms with Crippen molar-refractivity contribution in [2.75, 3.05) is 13.1 Å². The van der Waals surface area contributed by atoms with Crippen molar-refractivity contribution in [2.45, 2.75) is 90.4 Å². The van der Waals surface area contributed by atoms with Crippen molar-refractivity contribution in [3.63, 3.8) is 0 Å². The lowest BCUT2D eigenvalue weighted by atomic mass is 10.0.